The Morgan fingerprint density at radius 2 is 1.27 bits per heavy atom. The fourth-order valence-corrected chi connectivity index (χ4v) is 1.19. The summed E-state index contributed by atoms with van der Waals surface area (Å²) in [5.74, 6) is 0. The second-order valence-corrected chi connectivity index (χ2v) is 5.94. The van der Waals surface area contributed by atoms with Crippen LogP contribution in [0.4, 0.5) is 0 Å². The third-order valence-corrected chi connectivity index (χ3v) is 1.87. The van der Waals surface area contributed by atoms with Crippen molar-refractivity contribution in [2.24, 2.45) is 11.5 Å². The molecule has 72 valence electrons. The summed E-state index contributed by atoms with van der Waals surface area (Å²) in [6.45, 7) is 0. The molecule has 0 aromatic carbocycles. The number of hydrogen-bond donors (Lipinski definition) is 2. The second-order valence-electron chi connectivity index (χ2n) is 2.66. The molecular weight excluding hydrogens is 366 g/mol. The van der Waals surface area contributed by atoms with E-state index >= 15 is 0 Å². The van der Waals surface area contributed by atoms with E-state index in [9.17, 15) is 0 Å². The zero-order valence-corrected chi connectivity index (χ0v) is 9.99. The Labute approximate surface area is 84.4 Å². The second kappa shape index (κ2) is 7.82. The van der Waals surface area contributed by atoms with Gasteiger partial charge in [0.05, 0.1) is 0 Å². The molecule has 0 amide bonds. The first-order valence-electron chi connectivity index (χ1n) is 3.56. The van der Waals surface area contributed by atoms with Gasteiger partial charge < -0.3 is 11.5 Å². The summed E-state index contributed by atoms with van der Waals surface area (Å²) in [7, 11) is 9.75. The molecule has 0 heterocycles. The van der Waals surface area contributed by atoms with E-state index in [0.717, 1.165) is 12.8 Å². The molecule has 11 heavy (non-hydrogen) atoms. The van der Waals surface area contributed by atoms with Crippen LogP contribution < -0.4 is 11.5 Å². The van der Waals surface area contributed by atoms with E-state index in [2.05, 4.69) is 0 Å². The van der Waals surface area contributed by atoms with E-state index in [0.29, 0.717) is 0 Å². The average Bonchev–Trinajstić information content (AvgIpc) is 1.97. The van der Waals surface area contributed by atoms with E-state index in [1.165, 1.54) is 12.8 Å². The van der Waals surface area contributed by atoms with Crippen molar-refractivity contribution in [3.8, 4) is 0 Å². The van der Waals surface area contributed by atoms with E-state index < -0.39 is 16.5 Å². The summed E-state index contributed by atoms with van der Waals surface area (Å²) >= 11 is -0.472. The Balaban J connectivity index is 0.000000292. The first-order valence-corrected chi connectivity index (χ1v) is 9.19. The quantitative estimate of drug-likeness (QED) is 0.671. The van der Waals surface area contributed by atoms with Crippen LogP contribution in [0.15, 0.2) is 0 Å². The maximum absolute atomic E-state index is 5.65. The van der Waals surface area contributed by atoms with Crippen LogP contribution >= 0.6 is 18.8 Å². The molecule has 1 aliphatic rings. The van der Waals surface area contributed by atoms with Gasteiger partial charge in [0.25, 0.3) is 0 Å². The van der Waals surface area contributed by atoms with Gasteiger partial charge in [-0.1, -0.05) is 12.8 Å². The van der Waals surface area contributed by atoms with E-state index in [1.54, 1.807) is 0 Å². The molecule has 1 rings (SSSR count). The monoisotopic (exact) mass is 379 g/mol. The molecule has 1 fully saturated rings. The first kappa shape index (κ1) is 12.2. The van der Waals surface area contributed by atoms with Crippen LogP contribution in [0.5, 0.6) is 0 Å². The van der Waals surface area contributed by atoms with E-state index in [1.807, 2.05) is 0 Å². The number of nitrogens with two attached hydrogens (primary N) is 2. The van der Waals surface area contributed by atoms with Crippen LogP contribution in [0.25, 0.3) is 0 Å². The number of rotatable bonds is 0. The Morgan fingerprint density at radius 3 is 1.45 bits per heavy atom. The summed E-state index contributed by atoms with van der Waals surface area (Å²) in [6, 6.07) is 0.562. The van der Waals surface area contributed by atoms with Gasteiger partial charge in [0.15, 0.2) is 0 Å². The fraction of sp³-hybridized carbons (Fsp3) is 1.00. The van der Waals surface area contributed by atoms with Gasteiger partial charge in [0.2, 0.25) is 0 Å². The SMILES string of the molecule is NC1CCCC[C@H]1N.[Cl][Pt][Cl]. The van der Waals surface area contributed by atoms with Gasteiger partial charge in [-0.15, -0.1) is 0 Å². The Hall–Kier alpha value is 1.19. The summed E-state index contributed by atoms with van der Waals surface area (Å²) < 4.78 is 0. The van der Waals surface area contributed by atoms with Crippen molar-refractivity contribution < 1.29 is 16.5 Å². The fourth-order valence-electron chi connectivity index (χ4n) is 1.19. The third-order valence-electron chi connectivity index (χ3n) is 1.87. The number of hydrogen-bond acceptors (Lipinski definition) is 2. The predicted molar refractivity (Wildman–Crippen MR) is 46.1 cm³/mol. The molecule has 2 nitrogen and oxygen atoms in total. The normalized spacial score (nSPS) is 30.9. The standard InChI is InChI=1S/C6H14N2.2ClH.Pt/c7-5-3-1-2-4-6(5)8;;;/h5-6H,1-4,7-8H2;2*1H;/q;;;+2/p-2/t5-,6?;;;/m1.../s1. The zero-order valence-electron chi connectivity index (χ0n) is 6.21. The molecule has 0 aliphatic heterocycles. The molecule has 5 heteroatoms. The molecule has 4 N–H and O–H groups in total. The topological polar surface area (TPSA) is 52.0 Å². The minimum atomic E-state index is -0.472. The van der Waals surface area contributed by atoms with Crippen LogP contribution in [-0.2, 0) is 16.5 Å². The zero-order chi connectivity index (χ0) is 8.69. The van der Waals surface area contributed by atoms with Crippen LogP contribution in [0.1, 0.15) is 25.7 Å². The van der Waals surface area contributed by atoms with Gasteiger partial charge in [-0.3, -0.25) is 0 Å². The molecule has 0 spiro atoms. The van der Waals surface area contributed by atoms with Gasteiger partial charge >= 0.3 is 35.3 Å². The van der Waals surface area contributed by atoms with Gasteiger partial charge in [-0.2, -0.15) is 0 Å². The van der Waals surface area contributed by atoms with Crippen LogP contribution in [0.2, 0.25) is 0 Å². The molecule has 0 bridgehead atoms. The molecule has 0 saturated heterocycles. The molecule has 1 aliphatic carbocycles. The van der Waals surface area contributed by atoms with Crippen molar-refractivity contribution in [3.05, 3.63) is 0 Å². The summed E-state index contributed by atoms with van der Waals surface area (Å²) in [6.07, 6.45) is 4.80. The molecule has 1 saturated carbocycles. The summed E-state index contributed by atoms with van der Waals surface area (Å²) in [5.41, 5.74) is 11.3. The molecule has 0 radical (unpaired) electrons. The van der Waals surface area contributed by atoms with Crippen molar-refractivity contribution in [3.63, 3.8) is 0 Å². The number of halogens is 2. The van der Waals surface area contributed by atoms with Crippen LogP contribution in [-0.4, -0.2) is 12.1 Å². The van der Waals surface area contributed by atoms with Crippen molar-refractivity contribution >= 4 is 18.8 Å². The minimum absolute atomic E-state index is 0.281. The Morgan fingerprint density at radius 1 is 1.00 bits per heavy atom. The molecule has 1 unspecified atom stereocenters. The van der Waals surface area contributed by atoms with Gasteiger partial charge in [0.1, 0.15) is 0 Å². The first-order chi connectivity index (χ1) is 5.22. The Kier molecular flexibility index (Phi) is 8.66. The molecule has 2 atom stereocenters. The predicted octanol–water partition coefficient (Wildman–Crippen LogP) is 1.59. The van der Waals surface area contributed by atoms with E-state index in [-0.39, 0.29) is 12.1 Å². The van der Waals surface area contributed by atoms with Gasteiger partial charge in [-0.05, 0) is 12.8 Å². The third kappa shape index (κ3) is 6.36. The van der Waals surface area contributed by atoms with Gasteiger partial charge in [-0.25, -0.2) is 0 Å². The van der Waals surface area contributed by atoms with Crippen molar-refractivity contribution in [1.82, 2.24) is 0 Å². The van der Waals surface area contributed by atoms with Crippen LogP contribution in [0, 0.1) is 0 Å². The molecular formula is C6H14Cl2N2Pt. The Bertz CT molecular complexity index is 84.7. The van der Waals surface area contributed by atoms with E-state index in [4.69, 9.17) is 30.3 Å². The van der Waals surface area contributed by atoms with Crippen LogP contribution in [0.3, 0.4) is 0 Å². The molecule has 0 aromatic rings. The van der Waals surface area contributed by atoms with Crippen molar-refractivity contribution in [2.75, 3.05) is 0 Å². The summed E-state index contributed by atoms with van der Waals surface area (Å²) in [4.78, 5) is 0. The van der Waals surface area contributed by atoms with Gasteiger partial charge in [0, 0.05) is 12.1 Å². The average molecular weight is 380 g/mol. The molecule has 0 aromatic heterocycles. The van der Waals surface area contributed by atoms with Crippen molar-refractivity contribution in [2.45, 2.75) is 37.8 Å². The maximum atomic E-state index is 5.65. The van der Waals surface area contributed by atoms with Crippen molar-refractivity contribution in [1.29, 1.82) is 0 Å². The summed E-state index contributed by atoms with van der Waals surface area (Å²) in [5, 5.41) is 0.